The lowest BCUT2D eigenvalue weighted by molar-refractivity contribution is 0.475. The quantitative estimate of drug-likeness (QED) is 0.480. The predicted molar refractivity (Wildman–Crippen MR) is 97.3 cm³/mol. The third kappa shape index (κ3) is 2.24. The zero-order chi connectivity index (χ0) is 16.8. The van der Waals surface area contributed by atoms with E-state index in [-0.39, 0.29) is 5.75 Å². The number of benzene rings is 2. The topological polar surface area (TPSA) is 46.3 Å². The molecule has 0 atom stereocenters. The van der Waals surface area contributed by atoms with Crippen molar-refractivity contribution in [3.8, 4) is 39.4 Å². The van der Waals surface area contributed by atoms with Crippen LogP contribution in [0.5, 0.6) is 5.75 Å². The zero-order valence-corrected chi connectivity index (χ0v) is 13.4. The molecule has 0 radical (unpaired) electrons. The summed E-state index contributed by atoms with van der Waals surface area (Å²) in [6, 6.07) is 19.8. The fraction of sp³-hybridized carbons (Fsp3) is 0.0455. The lowest BCUT2D eigenvalue weighted by atomic mass is 9.96. The summed E-state index contributed by atoms with van der Waals surface area (Å²) < 4.78 is 5.24. The summed E-state index contributed by atoms with van der Waals surface area (Å²) in [5.41, 5.74) is 8.63. The average Bonchev–Trinajstić information content (AvgIpc) is 3.29. The van der Waals surface area contributed by atoms with Crippen molar-refractivity contribution in [2.75, 3.05) is 0 Å². The molecule has 3 heteroatoms. The molecule has 0 saturated heterocycles. The maximum Gasteiger partial charge on any atom is 0.116 e. The van der Waals surface area contributed by atoms with E-state index in [1.165, 1.54) is 16.7 Å². The SMILES string of the molecule is Oc1cccc(-c2cc(-c3ccoc3)nc3c2Cc2ccccc2-3)c1. The van der Waals surface area contributed by atoms with Crippen LogP contribution in [0.3, 0.4) is 0 Å². The molecule has 2 aromatic carbocycles. The van der Waals surface area contributed by atoms with Crippen LogP contribution in [-0.4, -0.2) is 10.1 Å². The van der Waals surface area contributed by atoms with Gasteiger partial charge in [0.05, 0.1) is 23.9 Å². The molecule has 0 spiro atoms. The van der Waals surface area contributed by atoms with Gasteiger partial charge in [0, 0.05) is 17.5 Å². The van der Waals surface area contributed by atoms with Gasteiger partial charge in [-0.2, -0.15) is 0 Å². The Morgan fingerprint density at radius 1 is 0.880 bits per heavy atom. The molecule has 0 fully saturated rings. The Kier molecular flexibility index (Phi) is 3.01. The molecule has 4 aromatic rings. The first-order valence-corrected chi connectivity index (χ1v) is 8.24. The molecule has 3 nitrogen and oxygen atoms in total. The Labute approximate surface area is 145 Å². The van der Waals surface area contributed by atoms with Gasteiger partial charge in [-0.25, -0.2) is 4.98 Å². The van der Waals surface area contributed by atoms with E-state index in [9.17, 15) is 5.11 Å². The van der Waals surface area contributed by atoms with Crippen LogP contribution < -0.4 is 0 Å². The number of phenols is 1. The molecule has 0 unspecified atom stereocenters. The minimum atomic E-state index is 0.267. The molecule has 1 aliphatic carbocycles. The minimum absolute atomic E-state index is 0.267. The third-order valence-electron chi connectivity index (χ3n) is 4.74. The fourth-order valence-electron chi connectivity index (χ4n) is 3.56. The van der Waals surface area contributed by atoms with E-state index in [0.717, 1.165) is 34.5 Å². The van der Waals surface area contributed by atoms with Gasteiger partial charge in [0.25, 0.3) is 0 Å². The number of aromatic hydroxyl groups is 1. The minimum Gasteiger partial charge on any atom is -0.508 e. The molecule has 5 rings (SSSR count). The van der Waals surface area contributed by atoms with Gasteiger partial charge in [0.2, 0.25) is 0 Å². The van der Waals surface area contributed by atoms with E-state index < -0.39 is 0 Å². The first-order chi connectivity index (χ1) is 12.3. The molecule has 1 aliphatic rings. The lowest BCUT2D eigenvalue weighted by Gasteiger charge is -2.11. The Morgan fingerprint density at radius 2 is 1.80 bits per heavy atom. The van der Waals surface area contributed by atoms with Gasteiger partial charge in [0.15, 0.2) is 0 Å². The molecule has 0 saturated carbocycles. The highest BCUT2D eigenvalue weighted by atomic mass is 16.3. The van der Waals surface area contributed by atoms with E-state index in [2.05, 4.69) is 24.3 Å². The number of fused-ring (bicyclic) bond motifs is 3. The van der Waals surface area contributed by atoms with Crippen molar-refractivity contribution < 1.29 is 9.52 Å². The summed E-state index contributed by atoms with van der Waals surface area (Å²) in [6.07, 6.45) is 4.23. The Hall–Kier alpha value is -3.33. The van der Waals surface area contributed by atoms with Crippen molar-refractivity contribution in [1.82, 2.24) is 4.98 Å². The molecular weight excluding hydrogens is 310 g/mol. The maximum atomic E-state index is 9.92. The van der Waals surface area contributed by atoms with E-state index >= 15 is 0 Å². The molecular formula is C22H15NO2. The van der Waals surface area contributed by atoms with Crippen molar-refractivity contribution >= 4 is 0 Å². The van der Waals surface area contributed by atoms with E-state index in [0.29, 0.717) is 0 Å². The molecule has 2 aromatic heterocycles. The summed E-state index contributed by atoms with van der Waals surface area (Å²) in [5.74, 6) is 0.267. The van der Waals surface area contributed by atoms with Crippen LogP contribution in [0.1, 0.15) is 11.1 Å². The van der Waals surface area contributed by atoms with E-state index in [1.54, 1.807) is 24.7 Å². The normalized spacial score (nSPS) is 12.0. The maximum absolute atomic E-state index is 9.92. The highest BCUT2D eigenvalue weighted by molar-refractivity contribution is 5.85. The van der Waals surface area contributed by atoms with Crippen LogP contribution in [0.2, 0.25) is 0 Å². The van der Waals surface area contributed by atoms with Crippen molar-refractivity contribution in [2.45, 2.75) is 6.42 Å². The highest BCUT2D eigenvalue weighted by Gasteiger charge is 2.24. The molecule has 0 bridgehead atoms. The summed E-state index contributed by atoms with van der Waals surface area (Å²) in [6.45, 7) is 0. The van der Waals surface area contributed by atoms with Crippen LogP contribution in [0.25, 0.3) is 33.6 Å². The summed E-state index contributed by atoms with van der Waals surface area (Å²) in [5, 5.41) is 9.92. The van der Waals surface area contributed by atoms with Crippen LogP contribution >= 0.6 is 0 Å². The molecule has 25 heavy (non-hydrogen) atoms. The van der Waals surface area contributed by atoms with Gasteiger partial charge in [-0.3, -0.25) is 0 Å². The number of nitrogens with zero attached hydrogens (tertiary/aromatic N) is 1. The van der Waals surface area contributed by atoms with Crippen LogP contribution in [-0.2, 0) is 6.42 Å². The van der Waals surface area contributed by atoms with Gasteiger partial charge >= 0.3 is 0 Å². The van der Waals surface area contributed by atoms with Crippen molar-refractivity contribution in [3.63, 3.8) is 0 Å². The number of rotatable bonds is 2. The van der Waals surface area contributed by atoms with Gasteiger partial charge in [-0.1, -0.05) is 36.4 Å². The molecule has 120 valence electrons. The average molecular weight is 325 g/mol. The largest absolute Gasteiger partial charge is 0.508 e. The second kappa shape index (κ2) is 5.35. The first kappa shape index (κ1) is 14.1. The molecule has 2 heterocycles. The first-order valence-electron chi connectivity index (χ1n) is 8.24. The van der Waals surface area contributed by atoms with Crippen molar-refractivity contribution in [3.05, 3.63) is 84.3 Å². The summed E-state index contributed by atoms with van der Waals surface area (Å²) in [7, 11) is 0. The lowest BCUT2D eigenvalue weighted by Crippen LogP contribution is -1.94. The predicted octanol–water partition coefficient (Wildman–Crippen LogP) is 5.29. The zero-order valence-electron chi connectivity index (χ0n) is 13.4. The molecule has 1 N–H and O–H groups in total. The van der Waals surface area contributed by atoms with Crippen LogP contribution in [0.4, 0.5) is 0 Å². The number of pyridine rings is 1. The van der Waals surface area contributed by atoms with Crippen LogP contribution in [0, 0.1) is 0 Å². The monoisotopic (exact) mass is 325 g/mol. The number of furan rings is 1. The Morgan fingerprint density at radius 3 is 2.64 bits per heavy atom. The van der Waals surface area contributed by atoms with Gasteiger partial charge in [0.1, 0.15) is 5.75 Å². The number of hydrogen-bond donors (Lipinski definition) is 1. The fourth-order valence-corrected chi connectivity index (χ4v) is 3.56. The van der Waals surface area contributed by atoms with Gasteiger partial charge in [-0.15, -0.1) is 0 Å². The van der Waals surface area contributed by atoms with E-state index in [1.807, 2.05) is 24.3 Å². The summed E-state index contributed by atoms with van der Waals surface area (Å²) >= 11 is 0. The summed E-state index contributed by atoms with van der Waals surface area (Å²) in [4.78, 5) is 4.92. The molecule has 0 aliphatic heterocycles. The smallest absolute Gasteiger partial charge is 0.116 e. The second-order valence-electron chi connectivity index (χ2n) is 6.28. The van der Waals surface area contributed by atoms with Crippen molar-refractivity contribution in [1.29, 1.82) is 0 Å². The number of aromatic nitrogens is 1. The van der Waals surface area contributed by atoms with Crippen LogP contribution in [0.15, 0.2) is 77.6 Å². The standard InChI is InChI=1S/C22H15NO2/c24-17-6-3-5-14(10-17)19-12-21(16-8-9-25-13-16)23-22-18-7-2-1-4-15(18)11-20(19)22/h1-10,12-13,24H,11H2. The van der Waals surface area contributed by atoms with Gasteiger partial charge in [-0.05, 0) is 46.5 Å². The Balaban J connectivity index is 1.80. The number of hydrogen-bond acceptors (Lipinski definition) is 3. The van der Waals surface area contributed by atoms with Gasteiger partial charge < -0.3 is 9.52 Å². The number of phenolic OH excluding ortho intramolecular Hbond substituents is 1. The Bertz CT molecular complexity index is 1080. The molecule has 0 amide bonds. The highest BCUT2D eigenvalue weighted by Crippen LogP contribution is 2.42. The van der Waals surface area contributed by atoms with Crippen molar-refractivity contribution in [2.24, 2.45) is 0 Å². The third-order valence-corrected chi connectivity index (χ3v) is 4.74. The van der Waals surface area contributed by atoms with E-state index in [4.69, 9.17) is 9.40 Å². The second-order valence-corrected chi connectivity index (χ2v) is 6.28.